The zero-order valence-corrected chi connectivity index (χ0v) is 20.3. The maximum absolute atomic E-state index is 12.8. The van der Waals surface area contributed by atoms with Crippen molar-refractivity contribution >= 4 is 27.1 Å². The fourth-order valence-electron chi connectivity index (χ4n) is 3.95. The molecule has 1 aliphatic heterocycles. The normalized spacial score (nSPS) is 14.2. The first-order valence-electron chi connectivity index (χ1n) is 11.1. The van der Waals surface area contributed by atoms with Gasteiger partial charge in [-0.15, -0.1) is 0 Å². The molecule has 0 saturated carbocycles. The Morgan fingerprint density at radius 1 is 1.11 bits per heavy atom. The molecule has 1 saturated heterocycles. The van der Waals surface area contributed by atoms with Crippen molar-refractivity contribution in [3.63, 3.8) is 0 Å². The summed E-state index contributed by atoms with van der Waals surface area (Å²) < 4.78 is 33.0. The second-order valence-corrected chi connectivity index (χ2v) is 9.86. The highest BCUT2D eigenvalue weighted by Crippen LogP contribution is 2.32. The SMILES string of the molecule is COc1ccc(NS(=O)(=O)c2ccc(N3CCN(Cc4ccc(C#N)cc4)CC3)c([N+](=O)[O-])c2)cn1. The highest BCUT2D eigenvalue weighted by Gasteiger charge is 2.27. The van der Waals surface area contributed by atoms with E-state index in [9.17, 15) is 18.5 Å². The molecule has 12 heteroatoms. The lowest BCUT2D eigenvalue weighted by Crippen LogP contribution is -2.46. The number of anilines is 2. The molecule has 1 fully saturated rings. The number of sulfonamides is 1. The molecule has 4 rings (SSSR count). The van der Waals surface area contributed by atoms with Gasteiger partial charge in [0.25, 0.3) is 15.7 Å². The van der Waals surface area contributed by atoms with Gasteiger partial charge in [-0.2, -0.15) is 5.26 Å². The van der Waals surface area contributed by atoms with Crippen molar-refractivity contribution < 1.29 is 18.1 Å². The molecule has 1 aromatic heterocycles. The van der Waals surface area contributed by atoms with Crippen LogP contribution in [0, 0.1) is 21.4 Å². The summed E-state index contributed by atoms with van der Waals surface area (Å²) in [6, 6.07) is 16.4. The number of hydrogen-bond acceptors (Lipinski definition) is 9. The van der Waals surface area contributed by atoms with Crippen molar-refractivity contribution in [3.05, 3.63) is 82.0 Å². The van der Waals surface area contributed by atoms with E-state index >= 15 is 0 Å². The third-order valence-corrected chi connectivity index (χ3v) is 7.23. The summed E-state index contributed by atoms with van der Waals surface area (Å²) in [5.74, 6) is 0.329. The van der Waals surface area contributed by atoms with Gasteiger partial charge in [-0.1, -0.05) is 12.1 Å². The van der Waals surface area contributed by atoms with E-state index < -0.39 is 14.9 Å². The number of nitro benzene ring substituents is 1. The fraction of sp³-hybridized carbons (Fsp3) is 0.250. The van der Waals surface area contributed by atoms with Crippen molar-refractivity contribution in [2.24, 2.45) is 0 Å². The van der Waals surface area contributed by atoms with Crippen molar-refractivity contribution in [1.29, 1.82) is 5.26 Å². The lowest BCUT2D eigenvalue weighted by atomic mass is 10.1. The van der Waals surface area contributed by atoms with Gasteiger partial charge < -0.3 is 9.64 Å². The van der Waals surface area contributed by atoms with Crippen molar-refractivity contribution in [2.75, 3.05) is 42.9 Å². The molecular formula is C24H24N6O5S. The number of nitrogens with zero attached hydrogens (tertiary/aromatic N) is 5. The van der Waals surface area contributed by atoms with Crippen LogP contribution in [0.1, 0.15) is 11.1 Å². The number of nitro groups is 1. The van der Waals surface area contributed by atoms with E-state index in [1.54, 1.807) is 12.1 Å². The van der Waals surface area contributed by atoms with E-state index in [0.29, 0.717) is 49.9 Å². The average molecular weight is 509 g/mol. The van der Waals surface area contributed by atoms with Gasteiger partial charge in [-0.3, -0.25) is 19.7 Å². The van der Waals surface area contributed by atoms with Gasteiger partial charge in [-0.25, -0.2) is 13.4 Å². The number of ether oxygens (including phenoxy) is 1. The molecule has 2 heterocycles. The van der Waals surface area contributed by atoms with E-state index in [-0.39, 0.29) is 16.3 Å². The Hall–Kier alpha value is -4.21. The zero-order chi connectivity index (χ0) is 25.7. The first kappa shape index (κ1) is 24.9. The quantitative estimate of drug-likeness (QED) is 0.359. The second-order valence-electron chi connectivity index (χ2n) is 8.17. The topological polar surface area (TPSA) is 142 Å². The van der Waals surface area contributed by atoms with Gasteiger partial charge >= 0.3 is 0 Å². The van der Waals surface area contributed by atoms with Crippen LogP contribution < -0.4 is 14.4 Å². The predicted octanol–water partition coefficient (Wildman–Crippen LogP) is 2.99. The maximum atomic E-state index is 12.8. The number of nitriles is 1. The van der Waals surface area contributed by atoms with E-state index in [4.69, 9.17) is 10.00 Å². The Balaban J connectivity index is 1.46. The number of piperazine rings is 1. The predicted molar refractivity (Wildman–Crippen MR) is 133 cm³/mol. The number of nitrogens with one attached hydrogen (secondary N) is 1. The van der Waals surface area contributed by atoms with Gasteiger partial charge in [0.2, 0.25) is 5.88 Å². The Morgan fingerprint density at radius 2 is 1.83 bits per heavy atom. The highest BCUT2D eigenvalue weighted by atomic mass is 32.2. The van der Waals surface area contributed by atoms with Crippen molar-refractivity contribution in [3.8, 4) is 11.9 Å². The summed E-state index contributed by atoms with van der Waals surface area (Å²) in [5, 5.41) is 20.8. The van der Waals surface area contributed by atoms with Crippen LogP contribution in [0.25, 0.3) is 0 Å². The van der Waals surface area contributed by atoms with Gasteiger partial charge in [0, 0.05) is 44.9 Å². The standard InChI is InChI=1S/C24H24N6O5S/c1-35-24-9-6-20(16-26-24)27-36(33,34)21-7-8-22(23(14-21)30(31)32)29-12-10-28(11-13-29)17-19-4-2-18(15-25)3-5-19/h2-9,14,16,27H,10-13,17H2,1H3. The highest BCUT2D eigenvalue weighted by molar-refractivity contribution is 7.92. The van der Waals surface area contributed by atoms with E-state index in [2.05, 4.69) is 20.7 Å². The summed E-state index contributed by atoms with van der Waals surface area (Å²) >= 11 is 0. The molecule has 11 nitrogen and oxygen atoms in total. The minimum atomic E-state index is -4.07. The Labute approximate surface area is 208 Å². The van der Waals surface area contributed by atoms with E-state index in [0.717, 1.165) is 11.6 Å². The number of aromatic nitrogens is 1. The number of benzene rings is 2. The average Bonchev–Trinajstić information content (AvgIpc) is 2.89. The number of hydrogen-bond donors (Lipinski definition) is 1. The molecule has 0 spiro atoms. The monoisotopic (exact) mass is 508 g/mol. The van der Waals surface area contributed by atoms with Crippen molar-refractivity contribution in [1.82, 2.24) is 9.88 Å². The summed E-state index contributed by atoms with van der Waals surface area (Å²) in [5.41, 5.74) is 2.01. The maximum Gasteiger partial charge on any atom is 0.293 e. The first-order chi connectivity index (χ1) is 17.3. The molecule has 0 atom stereocenters. The molecule has 0 amide bonds. The molecule has 0 unspecified atom stereocenters. The summed E-state index contributed by atoms with van der Waals surface area (Å²) in [7, 11) is -2.62. The minimum absolute atomic E-state index is 0.209. The molecule has 0 aliphatic carbocycles. The Bertz CT molecular complexity index is 1380. The van der Waals surface area contributed by atoms with Gasteiger partial charge in [0.15, 0.2) is 0 Å². The van der Waals surface area contributed by atoms with Crippen LogP contribution in [0.15, 0.2) is 65.7 Å². The molecule has 2 aromatic carbocycles. The molecular weight excluding hydrogens is 484 g/mol. The molecule has 1 aliphatic rings. The van der Waals surface area contributed by atoms with E-state index in [1.807, 2.05) is 17.0 Å². The minimum Gasteiger partial charge on any atom is -0.481 e. The van der Waals surface area contributed by atoms with Crippen LogP contribution in [0.3, 0.4) is 0 Å². The Kier molecular flexibility index (Phi) is 7.33. The number of pyridine rings is 1. The fourth-order valence-corrected chi connectivity index (χ4v) is 5.01. The second kappa shape index (κ2) is 10.6. The first-order valence-corrected chi connectivity index (χ1v) is 12.5. The number of methoxy groups -OCH3 is 1. The lowest BCUT2D eigenvalue weighted by Gasteiger charge is -2.35. The van der Waals surface area contributed by atoms with E-state index in [1.165, 1.54) is 37.6 Å². The largest absolute Gasteiger partial charge is 0.481 e. The number of rotatable bonds is 8. The third-order valence-electron chi connectivity index (χ3n) is 5.85. The van der Waals surface area contributed by atoms with Crippen LogP contribution in [-0.2, 0) is 16.6 Å². The van der Waals surface area contributed by atoms with Crippen LogP contribution >= 0.6 is 0 Å². The third kappa shape index (κ3) is 5.70. The zero-order valence-electron chi connectivity index (χ0n) is 19.5. The van der Waals surface area contributed by atoms with Crippen LogP contribution in [-0.4, -0.2) is 56.5 Å². The summed E-state index contributed by atoms with van der Waals surface area (Å²) in [4.78, 5) is 19.1. The van der Waals surface area contributed by atoms with Crippen LogP contribution in [0.5, 0.6) is 5.88 Å². The van der Waals surface area contributed by atoms with Crippen molar-refractivity contribution in [2.45, 2.75) is 11.4 Å². The molecule has 36 heavy (non-hydrogen) atoms. The molecule has 1 N–H and O–H groups in total. The Morgan fingerprint density at radius 3 is 2.42 bits per heavy atom. The van der Waals surface area contributed by atoms with Crippen LogP contribution in [0.4, 0.5) is 17.1 Å². The smallest absolute Gasteiger partial charge is 0.293 e. The van der Waals surface area contributed by atoms with Gasteiger partial charge in [0.05, 0.1) is 40.4 Å². The van der Waals surface area contributed by atoms with Crippen LogP contribution in [0.2, 0.25) is 0 Å². The summed E-state index contributed by atoms with van der Waals surface area (Å²) in [6.45, 7) is 3.19. The molecule has 186 valence electrons. The molecule has 0 bridgehead atoms. The molecule has 3 aromatic rings. The molecule has 0 radical (unpaired) electrons. The summed E-state index contributed by atoms with van der Waals surface area (Å²) in [6.07, 6.45) is 1.30. The van der Waals surface area contributed by atoms with Gasteiger partial charge in [0.1, 0.15) is 5.69 Å². The lowest BCUT2D eigenvalue weighted by molar-refractivity contribution is -0.384. The van der Waals surface area contributed by atoms with Gasteiger partial charge in [-0.05, 0) is 35.9 Å².